The van der Waals surface area contributed by atoms with Crippen LogP contribution in [0.1, 0.15) is 32.8 Å². The molecule has 0 spiro atoms. The van der Waals surface area contributed by atoms with Crippen LogP contribution in [0.5, 0.6) is 0 Å². The lowest BCUT2D eigenvalue weighted by Gasteiger charge is -2.32. The summed E-state index contributed by atoms with van der Waals surface area (Å²) in [5, 5.41) is 3.72. The van der Waals surface area contributed by atoms with E-state index in [2.05, 4.69) is 26.1 Å². The van der Waals surface area contributed by atoms with Gasteiger partial charge in [0.2, 0.25) is 0 Å². The summed E-state index contributed by atoms with van der Waals surface area (Å²) < 4.78 is 19.7. The molecule has 1 fully saturated rings. The largest absolute Gasteiger partial charge is 0.381 e. The molecule has 0 aliphatic carbocycles. The zero-order valence-electron chi connectivity index (χ0n) is 12.4. The van der Waals surface area contributed by atoms with Gasteiger partial charge >= 0.3 is 0 Å². The van der Waals surface area contributed by atoms with Gasteiger partial charge in [0.25, 0.3) is 0 Å². The van der Waals surface area contributed by atoms with E-state index in [1.807, 2.05) is 6.07 Å². The van der Waals surface area contributed by atoms with E-state index in [-0.39, 0.29) is 21.8 Å². The molecule has 1 unspecified atom stereocenters. The highest BCUT2D eigenvalue weighted by Gasteiger charge is 2.36. The first-order chi connectivity index (χ1) is 9.31. The van der Waals surface area contributed by atoms with Crippen molar-refractivity contribution in [2.75, 3.05) is 19.8 Å². The molecule has 1 aromatic rings. The van der Waals surface area contributed by atoms with Crippen molar-refractivity contribution in [3.8, 4) is 0 Å². The second kappa shape index (κ2) is 6.00. The Kier molecular flexibility index (Phi) is 4.73. The minimum absolute atomic E-state index is 0.0429. The number of rotatable bonds is 4. The van der Waals surface area contributed by atoms with Crippen molar-refractivity contribution in [2.24, 2.45) is 5.41 Å². The van der Waals surface area contributed by atoms with Gasteiger partial charge in [0.05, 0.1) is 11.6 Å². The highest BCUT2D eigenvalue weighted by Crippen LogP contribution is 2.34. The summed E-state index contributed by atoms with van der Waals surface area (Å²) in [6, 6.07) is 5.21. The standard InChI is InChI=1S/C16H23ClFNO/c1-15(2,3)19-10-16(7-8-20-11-16)9-12-5-4-6-13(17)14(12)18/h4-6,19H,7-11H2,1-3H3. The lowest BCUT2D eigenvalue weighted by Crippen LogP contribution is -2.45. The molecule has 112 valence electrons. The topological polar surface area (TPSA) is 21.3 Å². The van der Waals surface area contributed by atoms with Gasteiger partial charge in [-0.2, -0.15) is 0 Å². The van der Waals surface area contributed by atoms with Gasteiger partial charge in [-0.1, -0.05) is 23.7 Å². The third-order valence-corrected chi connectivity index (χ3v) is 4.07. The molecule has 0 amide bonds. The molecule has 0 bridgehead atoms. The van der Waals surface area contributed by atoms with Gasteiger partial charge < -0.3 is 10.1 Å². The van der Waals surface area contributed by atoms with Crippen LogP contribution in [0, 0.1) is 11.2 Å². The maximum Gasteiger partial charge on any atom is 0.144 e. The number of halogens is 2. The van der Waals surface area contributed by atoms with Gasteiger partial charge in [0.15, 0.2) is 0 Å². The maximum atomic E-state index is 14.1. The van der Waals surface area contributed by atoms with Crippen LogP contribution in [-0.4, -0.2) is 25.3 Å². The third-order valence-electron chi connectivity index (χ3n) is 3.78. The van der Waals surface area contributed by atoms with E-state index >= 15 is 0 Å². The predicted octanol–water partition coefficient (Wildman–Crippen LogP) is 3.82. The zero-order valence-corrected chi connectivity index (χ0v) is 13.2. The molecule has 0 aromatic heterocycles. The van der Waals surface area contributed by atoms with Crippen LogP contribution in [0.25, 0.3) is 0 Å². The summed E-state index contributed by atoms with van der Waals surface area (Å²) in [7, 11) is 0. The molecule has 1 aliphatic rings. The quantitative estimate of drug-likeness (QED) is 0.912. The van der Waals surface area contributed by atoms with E-state index in [9.17, 15) is 4.39 Å². The molecule has 4 heteroatoms. The SMILES string of the molecule is CC(C)(C)NCC1(Cc2cccc(Cl)c2F)CCOC1. The van der Waals surface area contributed by atoms with Gasteiger partial charge in [0, 0.05) is 24.1 Å². The Morgan fingerprint density at radius 2 is 2.15 bits per heavy atom. The summed E-state index contributed by atoms with van der Waals surface area (Å²) in [4.78, 5) is 0. The van der Waals surface area contributed by atoms with Gasteiger partial charge in [-0.15, -0.1) is 0 Å². The van der Waals surface area contributed by atoms with Crippen molar-refractivity contribution >= 4 is 11.6 Å². The van der Waals surface area contributed by atoms with Gasteiger partial charge in [-0.05, 0) is 45.2 Å². The first-order valence-electron chi connectivity index (χ1n) is 7.07. The first kappa shape index (κ1) is 15.7. The molecule has 0 radical (unpaired) electrons. The second-order valence-corrected chi connectivity index (χ2v) is 7.20. The number of nitrogens with one attached hydrogen (secondary N) is 1. The number of ether oxygens (including phenoxy) is 1. The fourth-order valence-corrected chi connectivity index (χ4v) is 2.73. The lowest BCUT2D eigenvalue weighted by atomic mass is 9.80. The van der Waals surface area contributed by atoms with E-state index in [0.29, 0.717) is 18.6 Å². The molecule has 1 atom stereocenters. The highest BCUT2D eigenvalue weighted by atomic mass is 35.5. The molecule has 20 heavy (non-hydrogen) atoms. The Morgan fingerprint density at radius 1 is 1.40 bits per heavy atom. The molecular weight excluding hydrogens is 277 g/mol. The van der Waals surface area contributed by atoms with Gasteiger partial charge in [-0.3, -0.25) is 0 Å². The van der Waals surface area contributed by atoms with Crippen LogP contribution in [0.4, 0.5) is 4.39 Å². The Hall–Kier alpha value is -0.640. The maximum absolute atomic E-state index is 14.1. The number of benzene rings is 1. The Morgan fingerprint density at radius 3 is 2.75 bits per heavy atom. The van der Waals surface area contributed by atoms with Crippen LogP contribution in [-0.2, 0) is 11.2 Å². The number of hydrogen-bond acceptors (Lipinski definition) is 2. The van der Waals surface area contributed by atoms with Crippen molar-refractivity contribution in [3.05, 3.63) is 34.6 Å². The van der Waals surface area contributed by atoms with Crippen molar-refractivity contribution in [2.45, 2.75) is 39.2 Å². The third kappa shape index (κ3) is 3.94. The minimum Gasteiger partial charge on any atom is -0.381 e. The monoisotopic (exact) mass is 299 g/mol. The van der Waals surface area contributed by atoms with Crippen LogP contribution in [0.3, 0.4) is 0 Å². The molecule has 0 saturated carbocycles. The van der Waals surface area contributed by atoms with E-state index in [1.54, 1.807) is 12.1 Å². The lowest BCUT2D eigenvalue weighted by molar-refractivity contribution is 0.143. The van der Waals surface area contributed by atoms with Crippen molar-refractivity contribution < 1.29 is 9.13 Å². The van der Waals surface area contributed by atoms with Crippen molar-refractivity contribution in [3.63, 3.8) is 0 Å². The van der Waals surface area contributed by atoms with E-state index < -0.39 is 0 Å². The Bertz CT molecular complexity index is 464. The molecule has 1 heterocycles. The van der Waals surface area contributed by atoms with Gasteiger partial charge in [0.1, 0.15) is 5.82 Å². The van der Waals surface area contributed by atoms with Crippen LogP contribution >= 0.6 is 11.6 Å². The van der Waals surface area contributed by atoms with E-state index in [0.717, 1.165) is 19.6 Å². The average molecular weight is 300 g/mol. The highest BCUT2D eigenvalue weighted by molar-refractivity contribution is 6.30. The number of hydrogen-bond donors (Lipinski definition) is 1. The summed E-state index contributed by atoms with van der Waals surface area (Å²) in [6.07, 6.45) is 1.60. The van der Waals surface area contributed by atoms with Crippen LogP contribution < -0.4 is 5.32 Å². The summed E-state index contributed by atoms with van der Waals surface area (Å²) in [6.45, 7) is 8.64. The second-order valence-electron chi connectivity index (χ2n) is 6.80. The van der Waals surface area contributed by atoms with Crippen molar-refractivity contribution in [1.82, 2.24) is 5.32 Å². The molecule has 1 aliphatic heterocycles. The molecule has 1 N–H and O–H groups in total. The minimum atomic E-state index is -0.295. The normalized spacial score (nSPS) is 23.2. The summed E-state index contributed by atoms with van der Waals surface area (Å²) in [5.74, 6) is -0.295. The van der Waals surface area contributed by atoms with E-state index in [1.165, 1.54) is 0 Å². The average Bonchev–Trinajstić information content (AvgIpc) is 2.81. The van der Waals surface area contributed by atoms with E-state index in [4.69, 9.17) is 16.3 Å². The fraction of sp³-hybridized carbons (Fsp3) is 0.625. The zero-order chi connectivity index (χ0) is 14.8. The molecule has 2 nitrogen and oxygen atoms in total. The Labute approximate surface area is 125 Å². The van der Waals surface area contributed by atoms with Crippen molar-refractivity contribution in [1.29, 1.82) is 0 Å². The van der Waals surface area contributed by atoms with Crippen LogP contribution in [0.15, 0.2) is 18.2 Å². The molecular formula is C16H23ClFNO. The Balaban J connectivity index is 2.15. The first-order valence-corrected chi connectivity index (χ1v) is 7.45. The summed E-state index contributed by atoms with van der Waals surface area (Å²) in [5.41, 5.74) is 0.681. The molecule has 1 saturated heterocycles. The molecule has 2 rings (SSSR count). The molecule has 1 aromatic carbocycles. The smallest absolute Gasteiger partial charge is 0.144 e. The van der Waals surface area contributed by atoms with Crippen LogP contribution in [0.2, 0.25) is 5.02 Å². The fourth-order valence-electron chi connectivity index (χ4n) is 2.53. The summed E-state index contributed by atoms with van der Waals surface area (Å²) >= 11 is 5.87. The predicted molar refractivity (Wildman–Crippen MR) is 80.7 cm³/mol. The van der Waals surface area contributed by atoms with Gasteiger partial charge in [-0.25, -0.2) is 4.39 Å².